The van der Waals surface area contributed by atoms with Crippen LogP contribution in [0.15, 0.2) is 60.7 Å². The summed E-state index contributed by atoms with van der Waals surface area (Å²) in [6.07, 6.45) is 8.82. The molecule has 1 saturated carbocycles. The van der Waals surface area contributed by atoms with Gasteiger partial charge in [0, 0.05) is 17.3 Å². The van der Waals surface area contributed by atoms with Crippen molar-refractivity contribution in [1.29, 1.82) is 0 Å². The highest BCUT2D eigenvalue weighted by Gasteiger charge is 2.52. The molecule has 1 saturated heterocycles. The van der Waals surface area contributed by atoms with Gasteiger partial charge in [0.05, 0.1) is 6.42 Å². The van der Waals surface area contributed by atoms with Crippen LogP contribution in [-0.2, 0) is 9.59 Å². The van der Waals surface area contributed by atoms with Crippen molar-refractivity contribution in [3.8, 4) is 0 Å². The van der Waals surface area contributed by atoms with Crippen LogP contribution in [0.4, 0.5) is 5.69 Å². The second-order valence-electron chi connectivity index (χ2n) is 8.51. The fourth-order valence-corrected chi connectivity index (χ4v) is 4.55. The summed E-state index contributed by atoms with van der Waals surface area (Å²) in [7, 11) is 0. The molecule has 2 fully saturated rings. The van der Waals surface area contributed by atoms with Crippen LogP contribution in [0.5, 0.6) is 0 Å². The normalized spacial score (nSPS) is 22.3. The predicted octanol–water partition coefficient (Wildman–Crippen LogP) is 4.84. The molecule has 0 bridgehead atoms. The monoisotopic (exact) mass is 416 g/mol. The topological polar surface area (TPSA) is 66.5 Å². The van der Waals surface area contributed by atoms with E-state index in [4.69, 9.17) is 0 Å². The maximum atomic E-state index is 13.7. The summed E-state index contributed by atoms with van der Waals surface area (Å²) in [5.41, 5.74) is 1.14. The largest absolute Gasteiger partial charge is 0.368 e. The van der Waals surface area contributed by atoms with Crippen molar-refractivity contribution in [2.45, 2.75) is 57.0 Å². The highest BCUT2D eigenvalue weighted by molar-refractivity contribution is 6.12. The zero-order chi connectivity index (χ0) is 21.8. The molecule has 1 atom stereocenters. The number of hydrogen-bond acceptors (Lipinski definition) is 4. The lowest BCUT2D eigenvalue weighted by Gasteiger charge is -2.32. The average molecular weight is 417 g/mol. The van der Waals surface area contributed by atoms with E-state index in [1.165, 1.54) is 11.8 Å². The van der Waals surface area contributed by atoms with Crippen LogP contribution in [0.1, 0.15) is 61.4 Å². The third kappa shape index (κ3) is 4.46. The Balaban J connectivity index is 1.67. The number of hydrogen-bond donors (Lipinski definition) is 1. The van der Waals surface area contributed by atoms with Gasteiger partial charge in [-0.25, -0.2) is 0 Å². The van der Waals surface area contributed by atoms with Crippen molar-refractivity contribution in [2.75, 3.05) is 5.32 Å². The second kappa shape index (κ2) is 8.88. The minimum Gasteiger partial charge on any atom is -0.368 e. The van der Waals surface area contributed by atoms with Gasteiger partial charge in [-0.3, -0.25) is 19.3 Å². The van der Waals surface area contributed by atoms with E-state index in [-0.39, 0.29) is 30.1 Å². The second-order valence-corrected chi connectivity index (χ2v) is 8.51. The number of imide groups is 1. The van der Waals surface area contributed by atoms with Crippen LogP contribution < -0.4 is 5.32 Å². The Morgan fingerprint density at radius 2 is 1.68 bits per heavy atom. The lowest BCUT2D eigenvalue weighted by Crippen LogP contribution is -2.48. The van der Waals surface area contributed by atoms with Crippen molar-refractivity contribution in [3.05, 3.63) is 71.8 Å². The van der Waals surface area contributed by atoms with Gasteiger partial charge in [0.25, 0.3) is 5.91 Å². The summed E-state index contributed by atoms with van der Waals surface area (Å²) in [6, 6.07) is 16.8. The Hall–Kier alpha value is -3.21. The number of amides is 2. The van der Waals surface area contributed by atoms with Gasteiger partial charge >= 0.3 is 0 Å². The SMILES string of the molecule is CC(=O)c1ccc(NC2(C=Cc3ccccc3)CC(=O)N(C3CCCCC3)C2=O)cc1. The summed E-state index contributed by atoms with van der Waals surface area (Å²) in [6.45, 7) is 1.52. The quantitative estimate of drug-likeness (QED) is 0.540. The lowest BCUT2D eigenvalue weighted by molar-refractivity contribution is -0.142. The fraction of sp³-hybridized carbons (Fsp3) is 0.346. The first kappa shape index (κ1) is 21.0. The van der Waals surface area contributed by atoms with Crippen molar-refractivity contribution >= 4 is 29.4 Å². The minimum absolute atomic E-state index is 0.0114. The van der Waals surface area contributed by atoms with Gasteiger partial charge in [0.1, 0.15) is 5.54 Å². The van der Waals surface area contributed by atoms with E-state index in [0.717, 1.165) is 37.7 Å². The van der Waals surface area contributed by atoms with E-state index < -0.39 is 5.54 Å². The molecule has 0 spiro atoms. The molecule has 0 aromatic heterocycles. The summed E-state index contributed by atoms with van der Waals surface area (Å²) in [4.78, 5) is 39.8. The van der Waals surface area contributed by atoms with E-state index >= 15 is 0 Å². The number of carbonyl (C=O) groups is 3. The third-order valence-electron chi connectivity index (χ3n) is 6.26. The molecule has 31 heavy (non-hydrogen) atoms. The number of anilines is 1. The minimum atomic E-state index is -1.14. The molecular formula is C26H28N2O3. The fourth-order valence-electron chi connectivity index (χ4n) is 4.55. The summed E-state index contributed by atoms with van der Waals surface area (Å²) >= 11 is 0. The zero-order valence-electron chi connectivity index (χ0n) is 17.8. The van der Waals surface area contributed by atoms with E-state index in [1.54, 1.807) is 24.3 Å². The van der Waals surface area contributed by atoms with Gasteiger partial charge < -0.3 is 5.32 Å². The molecule has 5 nitrogen and oxygen atoms in total. The summed E-state index contributed by atoms with van der Waals surface area (Å²) in [5, 5.41) is 3.33. The van der Waals surface area contributed by atoms with Gasteiger partial charge in [-0.1, -0.05) is 55.7 Å². The zero-order valence-corrected chi connectivity index (χ0v) is 17.8. The van der Waals surface area contributed by atoms with Crippen molar-refractivity contribution in [3.63, 3.8) is 0 Å². The molecule has 5 heteroatoms. The molecule has 1 unspecified atom stereocenters. The average Bonchev–Trinajstić information content (AvgIpc) is 3.03. The molecule has 2 aliphatic rings. The van der Waals surface area contributed by atoms with E-state index in [0.29, 0.717) is 11.3 Å². The van der Waals surface area contributed by atoms with E-state index in [9.17, 15) is 14.4 Å². The van der Waals surface area contributed by atoms with Crippen LogP contribution in [-0.4, -0.2) is 34.1 Å². The molecule has 1 heterocycles. The van der Waals surface area contributed by atoms with Gasteiger partial charge in [-0.05, 0) is 55.7 Å². The smallest absolute Gasteiger partial charge is 0.259 e. The number of Topliss-reactive ketones (excluding diaryl/α,β-unsaturated/α-hetero) is 1. The summed E-state index contributed by atoms with van der Waals surface area (Å²) in [5.74, 6) is -0.324. The molecule has 1 aliphatic heterocycles. The molecule has 0 radical (unpaired) electrons. The molecule has 4 rings (SSSR count). The number of nitrogens with one attached hydrogen (secondary N) is 1. The number of carbonyl (C=O) groups excluding carboxylic acids is 3. The third-order valence-corrected chi connectivity index (χ3v) is 6.26. The first-order valence-corrected chi connectivity index (χ1v) is 11.0. The number of ketones is 1. The molecule has 1 aliphatic carbocycles. The molecular weight excluding hydrogens is 388 g/mol. The lowest BCUT2D eigenvalue weighted by atomic mass is 9.93. The molecule has 2 aromatic rings. The maximum absolute atomic E-state index is 13.7. The standard InChI is InChI=1S/C26H28N2O3/c1-19(29)21-12-14-22(15-13-21)27-26(17-16-20-8-4-2-5-9-20)18-24(30)28(25(26)31)23-10-6-3-7-11-23/h2,4-5,8-9,12-17,23,27H,3,6-7,10-11,18H2,1H3. The number of nitrogens with zero attached hydrogens (tertiary/aromatic N) is 1. The molecule has 2 aromatic carbocycles. The van der Waals surface area contributed by atoms with Crippen molar-refractivity contribution in [2.24, 2.45) is 0 Å². The first-order chi connectivity index (χ1) is 15.0. The van der Waals surface area contributed by atoms with Crippen LogP contribution in [0.3, 0.4) is 0 Å². The summed E-state index contributed by atoms with van der Waals surface area (Å²) < 4.78 is 0. The number of rotatable bonds is 6. The molecule has 2 amide bonds. The van der Waals surface area contributed by atoms with Crippen molar-refractivity contribution in [1.82, 2.24) is 4.90 Å². The molecule has 160 valence electrons. The maximum Gasteiger partial charge on any atom is 0.259 e. The van der Waals surface area contributed by atoms with Gasteiger partial charge in [0.2, 0.25) is 5.91 Å². The van der Waals surface area contributed by atoms with E-state index in [2.05, 4.69) is 5.32 Å². The number of likely N-dealkylation sites (tertiary alicyclic amines) is 1. The van der Waals surface area contributed by atoms with Crippen molar-refractivity contribution < 1.29 is 14.4 Å². The Bertz CT molecular complexity index is 991. The van der Waals surface area contributed by atoms with Crippen LogP contribution in [0.25, 0.3) is 6.08 Å². The van der Waals surface area contributed by atoms with Crippen LogP contribution in [0.2, 0.25) is 0 Å². The first-order valence-electron chi connectivity index (χ1n) is 11.0. The Kier molecular flexibility index (Phi) is 6.03. The predicted molar refractivity (Wildman–Crippen MR) is 122 cm³/mol. The van der Waals surface area contributed by atoms with Crippen LogP contribution in [0, 0.1) is 0 Å². The van der Waals surface area contributed by atoms with Gasteiger partial charge in [-0.2, -0.15) is 0 Å². The Morgan fingerprint density at radius 1 is 1.00 bits per heavy atom. The number of benzene rings is 2. The van der Waals surface area contributed by atoms with Crippen LogP contribution >= 0.6 is 0 Å². The highest BCUT2D eigenvalue weighted by atomic mass is 16.2. The van der Waals surface area contributed by atoms with Gasteiger partial charge in [-0.15, -0.1) is 0 Å². The highest BCUT2D eigenvalue weighted by Crippen LogP contribution is 2.35. The Morgan fingerprint density at radius 3 is 2.32 bits per heavy atom. The van der Waals surface area contributed by atoms with E-state index in [1.807, 2.05) is 42.5 Å². The van der Waals surface area contributed by atoms with Gasteiger partial charge in [0.15, 0.2) is 5.78 Å². The molecule has 1 N–H and O–H groups in total. The Labute approximate surface area is 183 Å².